The summed E-state index contributed by atoms with van der Waals surface area (Å²) in [6.45, 7) is 4.78. The number of benzene rings is 3. The Balaban J connectivity index is 0.00000171. The van der Waals surface area contributed by atoms with Gasteiger partial charge in [-0.05, 0) is 0 Å². The van der Waals surface area contributed by atoms with Crippen LogP contribution in [0, 0.1) is 0 Å². The molecular weight excluding hydrogens is 607 g/mol. The Morgan fingerprint density at radius 2 is 0.943 bits per heavy atom. The van der Waals surface area contributed by atoms with E-state index in [4.69, 9.17) is 0 Å². The van der Waals surface area contributed by atoms with Crippen molar-refractivity contribution >= 4 is 25.5 Å². The standard InChI is InChI=1S/2C12H11.C7H8Ge.2ClH.Zr/c2*1-10-7-8-12(9-10)11-5-3-2-4-6-11;1-8-7-5-3-2-4-6-7;;;/h2*2-6,9H,8H2,1H3;2-6H,1H3;2*1H;/q;;;;;+2/p-2. The summed E-state index contributed by atoms with van der Waals surface area (Å²) in [6.07, 6.45) is 7.33. The molecule has 2 aliphatic carbocycles. The van der Waals surface area contributed by atoms with E-state index < -0.39 is 28.6 Å². The Hall–Kier alpha value is -1.37. The number of allylic oxidation sites excluding steroid dienone is 8. The predicted molar refractivity (Wildman–Crippen MR) is 141 cm³/mol. The minimum absolute atomic E-state index is 0. The molecule has 0 amide bonds. The fourth-order valence-corrected chi connectivity index (χ4v) is 38.6. The van der Waals surface area contributed by atoms with Gasteiger partial charge in [-0.3, -0.25) is 0 Å². The molecule has 0 aromatic heterocycles. The molecule has 2 aliphatic rings. The van der Waals surface area contributed by atoms with Crippen molar-refractivity contribution in [1.29, 1.82) is 0 Å². The maximum atomic E-state index is 2.67. The van der Waals surface area contributed by atoms with Crippen LogP contribution in [0.1, 0.15) is 37.8 Å². The smallest absolute Gasteiger partial charge is 1.00 e. The fraction of sp³-hybridized carbons (Fsp3) is 0.161. The van der Waals surface area contributed by atoms with Crippen molar-refractivity contribution in [1.82, 2.24) is 0 Å². The molecule has 0 atom stereocenters. The molecule has 3 aromatic carbocycles. The van der Waals surface area contributed by atoms with Crippen molar-refractivity contribution in [3.63, 3.8) is 0 Å². The Labute approximate surface area is 231 Å². The Kier molecular flexibility index (Phi) is 10.3. The first-order valence-corrected chi connectivity index (χ1v) is 24.8. The third-order valence-electron chi connectivity index (χ3n) is 6.94. The van der Waals surface area contributed by atoms with Gasteiger partial charge in [-0.15, -0.1) is 0 Å². The van der Waals surface area contributed by atoms with E-state index in [9.17, 15) is 0 Å². The SMILES string of the molecule is CC1=[C]([Zr+2]([C]2=C(C)C=C(c3ccccc3)C2)=[Ge]([CH3])[c]2ccccc2)CC(c2ccccc2)=C1.[Cl-].[Cl-]. The molecular formula is C31H30Cl2GeZr. The van der Waals surface area contributed by atoms with E-state index in [1.807, 2.05) is 6.56 Å². The van der Waals surface area contributed by atoms with Crippen LogP contribution in [0.4, 0.5) is 0 Å². The van der Waals surface area contributed by atoms with E-state index in [0.717, 1.165) is 0 Å². The molecule has 5 rings (SSSR count). The van der Waals surface area contributed by atoms with Crippen LogP contribution in [-0.4, -0.2) is 9.98 Å². The van der Waals surface area contributed by atoms with E-state index in [1.165, 1.54) is 35.1 Å². The zero-order valence-corrected chi connectivity index (χ0v) is 26.6. The minimum Gasteiger partial charge on any atom is -1.00 e. The molecule has 0 spiro atoms. The summed E-state index contributed by atoms with van der Waals surface area (Å²) >= 11 is -2.05. The summed E-state index contributed by atoms with van der Waals surface area (Å²) in [5.74, 6) is 2.67. The van der Waals surface area contributed by atoms with Gasteiger partial charge < -0.3 is 24.8 Å². The maximum absolute atomic E-state index is 2.67. The molecule has 0 N–H and O–H groups in total. The summed E-state index contributed by atoms with van der Waals surface area (Å²) in [6, 6.07) is 33.6. The zero-order valence-electron chi connectivity index (χ0n) is 20.5. The summed E-state index contributed by atoms with van der Waals surface area (Å²) in [5, 5.41) is 0. The molecule has 0 radical (unpaired) electrons. The minimum atomic E-state index is -2.05. The van der Waals surface area contributed by atoms with Crippen molar-refractivity contribution in [3.05, 3.63) is 132 Å². The van der Waals surface area contributed by atoms with Gasteiger partial charge in [0, 0.05) is 0 Å². The van der Waals surface area contributed by atoms with E-state index in [1.54, 1.807) is 15.5 Å². The van der Waals surface area contributed by atoms with Gasteiger partial charge in [0.25, 0.3) is 0 Å². The maximum Gasteiger partial charge on any atom is -1.00 e. The van der Waals surface area contributed by atoms with E-state index in [-0.39, 0.29) is 24.8 Å². The average molecular weight is 637 g/mol. The normalized spacial score (nSPS) is 14.5. The topological polar surface area (TPSA) is 0 Å². The molecule has 4 heteroatoms. The zero-order chi connectivity index (χ0) is 22.8. The molecule has 0 aliphatic heterocycles. The molecule has 0 heterocycles. The van der Waals surface area contributed by atoms with Crippen LogP contribution in [0.25, 0.3) is 11.1 Å². The summed E-state index contributed by atoms with van der Waals surface area (Å²) in [5.41, 5.74) is 8.97. The van der Waals surface area contributed by atoms with Crippen LogP contribution >= 0.6 is 0 Å². The van der Waals surface area contributed by atoms with Gasteiger partial charge >= 0.3 is 209 Å². The van der Waals surface area contributed by atoms with Gasteiger partial charge in [0.1, 0.15) is 0 Å². The van der Waals surface area contributed by atoms with E-state index in [0.29, 0.717) is 0 Å². The molecule has 0 bridgehead atoms. The Morgan fingerprint density at radius 1 is 0.571 bits per heavy atom. The van der Waals surface area contributed by atoms with Crippen LogP contribution in [0.2, 0.25) is 5.76 Å². The molecule has 0 fully saturated rings. The molecule has 0 nitrogen and oxygen atoms in total. The molecule has 176 valence electrons. The van der Waals surface area contributed by atoms with Crippen LogP contribution in [0.5, 0.6) is 0 Å². The predicted octanol–water partition coefficient (Wildman–Crippen LogP) is 1.66. The van der Waals surface area contributed by atoms with Gasteiger partial charge in [0.05, 0.1) is 0 Å². The number of rotatable bonds is 5. The quantitative estimate of drug-likeness (QED) is 0.374. The van der Waals surface area contributed by atoms with Crippen LogP contribution < -0.4 is 29.2 Å². The third kappa shape index (κ3) is 6.13. The second-order valence-electron chi connectivity index (χ2n) is 9.11. The Bertz CT molecular complexity index is 1270. The van der Waals surface area contributed by atoms with E-state index in [2.05, 4.69) is 123 Å². The molecule has 0 saturated carbocycles. The van der Waals surface area contributed by atoms with Crippen molar-refractivity contribution in [3.8, 4) is 0 Å². The number of halogens is 2. The first kappa shape index (κ1) is 28.2. The van der Waals surface area contributed by atoms with Gasteiger partial charge in [-0.25, -0.2) is 0 Å². The van der Waals surface area contributed by atoms with Crippen LogP contribution in [0.3, 0.4) is 0 Å². The van der Waals surface area contributed by atoms with E-state index >= 15 is 0 Å². The summed E-state index contributed by atoms with van der Waals surface area (Å²) in [7, 11) is -1.43. The molecule has 3 aromatic rings. The first-order chi connectivity index (χ1) is 16.1. The van der Waals surface area contributed by atoms with Crippen molar-refractivity contribution < 1.29 is 43.4 Å². The van der Waals surface area contributed by atoms with Gasteiger partial charge in [0.2, 0.25) is 0 Å². The molecule has 35 heavy (non-hydrogen) atoms. The largest absolute Gasteiger partial charge is 1.00 e. The third-order valence-corrected chi connectivity index (χ3v) is 37.6. The number of hydrogen-bond acceptors (Lipinski definition) is 0. The Morgan fingerprint density at radius 3 is 1.34 bits per heavy atom. The fourth-order valence-electron chi connectivity index (χ4n) is 5.17. The van der Waals surface area contributed by atoms with Crippen molar-refractivity contribution in [2.45, 2.75) is 32.4 Å². The average Bonchev–Trinajstić information content (AvgIpc) is 3.44. The van der Waals surface area contributed by atoms with Gasteiger partial charge in [0.15, 0.2) is 0 Å². The summed E-state index contributed by atoms with van der Waals surface area (Å²) in [4.78, 5) is 0. The second kappa shape index (κ2) is 12.7. The number of hydrogen-bond donors (Lipinski definition) is 0. The van der Waals surface area contributed by atoms with Crippen LogP contribution in [-0.2, 0) is 18.6 Å². The van der Waals surface area contributed by atoms with Crippen molar-refractivity contribution in [2.24, 2.45) is 0 Å². The van der Waals surface area contributed by atoms with Gasteiger partial charge in [-0.2, -0.15) is 0 Å². The second-order valence-corrected chi connectivity index (χ2v) is 33.5. The van der Waals surface area contributed by atoms with Crippen LogP contribution in [0.15, 0.2) is 121 Å². The molecule has 0 saturated heterocycles. The monoisotopic (exact) mass is 636 g/mol. The van der Waals surface area contributed by atoms with Gasteiger partial charge in [-0.1, -0.05) is 0 Å². The summed E-state index contributed by atoms with van der Waals surface area (Å²) < 4.78 is 5.39. The molecule has 0 unspecified atom stereocenters. The first-order valence-electron chi connectivity index (χ1n) is 11.8. The van der Waals surface area contributed by atoms with Crippen molar-refractivity contribution in [2.75, 3.05) is 0 Å².